The lowest BCUT2D eigenvalue weighted by Gasteiger charge is -2.11. The first-order valence-electron chi connectivity index (χ1n) is 5.08. The molecule has 78 valence electrons. The zero-order valence-electron chi connectivity index (χ0n) is 8.89. The van der Waals surface area contributed by atoms with Gasteiger partial charge in [-0.05, 0) is 49.4 Å². The Balaban J connectivity index is 2.67. The normalized spacial score (nSPS) is 12.9. The zero-order valence-corrected chi connectivity index (χ0v) is 9.64. The first-order chi connectivity index (χ1) is 6.63. The van der Waals surface area contributed by atoms with E-state index in [0.29, 0.717) is 5.92 Å². The topological polar surface area (TPSA) is 26.0 Å². The second-order valence-corrected chi connectivity index (χ2v) is 4.39. The van der Waals surface area contributed by atoms with Crippen LogP contribution in [0.4, 0.5) is 0 Å². The first kappa shape index (κ1) is 11.5. The van der Waals surface area contributed by atoms with Gasteiger partial charge in [0.05, 0.1) is 0 Å². The third-order valence-corrected chi connectivity index (χ3v) is 2.79. The summed E-state index contributed by atoms with van der Waals surface area (Å²) in [6, 6.07) is 6.24. The zero-order chi connectivity index (χ0) is 10.6. The van der Waals surface area contributed by atoms with Crippen LogP contribution in [0.2, 0.25) is 5.02 Å². The fourth-order valence-corrected chi connectivity index (χ4v) is 1.89. The molecule has 0 fully saturated rings. The maximum absolute atomic E-state index is 6.14. The predicted octanol–water partition coefficient (Wildman–Crippen LogP) is 3.18. The minimum absolute atomic E-state index is 0.611. The summed E-state index contributed by atoms with van der Waals surface area (Å²) in [4.78, 5) is 0. The molecular weight excluding hydrogens is 194 g/mol. The number of benzene rings is 1. The molecule has 2 N–H and O–H groups in total. The van der Waals surface area contributed by atoms with Crippen molar-refractivity contribution in [2.24, 2.45) is 11.7 Å². The van der Waals surface area contributed by atoms with Gasteiger partial charge in [0.1, 0.15) is 0 Å². The molecule has 0 spiro atoms. The van der Waals surface area contributed by atoms with E-state index < -0.39 is 0 Å². The van der Waals surface area contributed by atoms with E-state index in [2.05, 4.69) is 26.0 Å². The highest BCUT2D eigenvalue weighted by Gasteiger charge is 2.06. The van der Waals surface area contributed by atoms with Crippen LogP contribution in [0.15, 0.2) is 18.2 Å². The molecule has 0 amide bonds. The van der Waals surface area contributed by atoms with E-state index in [1.54, 1.807) is 0 Å². The third-order valence-electron chi connectivity index (χ3n) is 2.44. The molecule has 0 aromatic heterocycles. The molecule has 14 heavy (non-hydrogen) atoms. The maximum atomic E-state index is 6.14. The molecule has 1 rings (SSSR count). The summed E-state index contributed by atoms with van der Waals surface area (Å²) in [7, 11) is 0. The first-order valence-corrected chi connectivity index (χ1v) is 5.46. The molecule has 0 aliphatic carbocycles. The van der Waals surface area contributed by atoms with Gasteiger partial charge in [0.2, 0.25) is 0 Å². The van der Waals surface area contributed by atoms with E-state index in [-0.39, 0.29) is 0 Å². The fourth-order valence-electron chi connectivity index (χ4n) is 1.58. The number of nitrogens with two attached hydrogens (primary N) is 1. The standard InChI is InChI=1S/C12H18ClN/c1-9-3-4-11(12(13)8-9)7-10(2)5-6-14/h3-4,8,10H,5-7,14H2,1-2H3. The van der Waals surface area contributed by atoms with Gasteiger partial charge < -0.3 is 5.73 Å². The van der Waals surface area contributed by atoms with E-state index in [9.17, 15) is 0 Å². The van der Waals surface area contributed by atoms with Crippen molar-refractivity contribution in [3.63, 3.8) is 0 Å². The lowest BCUT2D eigenvalue weighted by molar-refractivity contribution is 0.538. The van der Waals surface area contributed by atoms with Crippen molar-refractivity contribution < 1.29 is 0 Å². The van der Waals surface area contributed by atoms with Crippen LogP contribution in [-0.2, 0) is 6.42 Å². The summed E-state index contributed by atoms with van der Waals surface area (Å²) in [6.45, 7) is 5.02. The van der Waals surface area contributed by atoms with Crippen LogP contribution >= 0.6 is 11.6 Å². The van der Waals surface area contributed by atoms with Crippen molar-refractivity contribution in [3.05, 3.63) is 34.3 Å². The number of aryl methyl sites for hydroxylation is 1. The lowest BCUT2D eigenvalue weighted by atomic mass is 9.97. The Morgan fingerprint density at radius 1 is 1.43 bits per heavy atom. The van der Waals surface area contributed by atoms with Gasteiger partial charge in [-0.3, -0.25) is 0 Å². The molecule has 1 unspecified atom stereocenters. The quantitative estimate of drug-likeness (QED) is 0.814. The Kier molecular flexibility index (Phi) is 4.43. The van der Waals surface area contributed by atoms with Gasteiger partial charge >= 0.3 is 0 Å². The third kappa shape index (κ3) is 3.32. The van der Waals surface area contributed by atoms with Crippen LogP contribution in [0, 0.1) is 12.8 Å². The maximum Gasteiger partial charge on any atom is 0.0440 e. The lowest BCUT2D eigenvalue weighted by Crippen LogP contribution is -2.08. The number of hydrogen-bond acceptors (Lipinski definition) is 1. The Labute approximate surface area is 91.3 Å². The van der Waals surface area contributed by atoms with Crippen molar-refractivity contribution in [2.75, 3.05) is 6.54 Å². The Bertz CT molecular complexity index is 296. The van der Waals surface area contributed by atoms with Crippen LogP contribution in [0.1, 0.15) is 24.5 Å². The summed E-state index contributed by atoms with van der Waals surface area (Å²) in [5.74, 6) is 0.611. The average Bonchev–Trinajstić information content (AvgIpc) is 2.10. The Morgan fingerprint density at radius 2 is 2.14 bits per heavy atom. The van der Waals surface area contributed by atoms with Gasteiger partial charge in [0.25, 0.3) is 0 Å². The Hall–Kier alpha value is -0.530. The minimum atomic E-state index is 0.611. The minimum Gasteiger partial charge on any atom is -0.330 e. The van der Waals surface area contributed by atoms with Crippen molar-refractivity contribution in [1.82, 2.24) is 0 Å². The highest BCUT2D eigenvalue weighted by Crippen LogP contribution is 2.21. The highest BCUT2D eigenvalue weighted by atomic mass is 35.5. The van der Waals surface area contributed by atoms with E-state index in [4.69, 9.17) is 17.3 Å². The van der Waals surface area contributed by atoms with Gasteiger partial charge in [-0.15, -0.1) is 0 Å². The van der Waals surface area contributed by atoms with Crippen LogP contribution in [0.5, 0.6) is 0 Å². The predicted molar refractivity (Wildman–Crippen MR) is 62.7 cm³/mol. The largest absolute Gasteiger partial charge is 0.330 e. The summed E-state index contributed by atoms with van der Waals surface area (Å²) in [6.07, 6.45) is 2.08. The van der Waals surface area contributed by atoms with Crippen LogP contribution < -0.4 is 5.73 Å². The molecular formula is C12H18ClN. The molecule has 1 aromatic rings. The molecule has 0 bridgehead atoms. The van der Waals surface area contributed by atoms with Crippen molar-refractivity contribution in [1.29, 1.82) is 0 Å². The van der Waals surface area contributed by atoms with Crippen molar-refractivity contribution >= 4 is 11.6 Å². The van der Waals surface area contributed by atoms with E-state index in [0.717, 1.165) is 24.4 Å². The smallest absolute Gasteiger partial charge is 0.0440 e. The van der Waals surface area contributed by atoms with Gasteiger partial charge in [-0.2, -0.15) is 0 Å². The Morgan fingerprint density at radius 3 is 2.71 bits per heavy atom. The molecule has 0 saturated heterocycles. The van der Waals surface area contributed by atoms with Crippen LogP contribution in [-0.4, -0.2) is 6.54 Å². The summed E-state index contributed by atoms with van der Waals surface area (Å²) in [5.41, 5.74) is 7.96. The van der Waals surface area contributed by atoms with E-state index in [1.165, 1.54) is 11.1 Å². The van der Waals surface area contributed by atoms with Crippen molar-refractivity contribution in [2.45, 2.75) is 26.7 Å². The summed E-state index contributed by atoms with van der Waals surface area (Å²) < 4.78 is 0. The molecule has 0 saturated carbocycles. The van der Waals surface area contributed by atoms with Gasteiger partial charge in [-0.1, -0.05) is 30.7 Å². The molecule has 0 aliphatic rings. The van der Waals surface area contributed by atoms with Gasteiger partial charge in [-0.25, -0.2) is 0 Å². The number of halogens is 1. The molecule has 0 aliphatic heterocycles. The van der Waals surface area contributed by atoms with Crippen LogP contribution in [0.3, 0.4) is 0 Å². The van der Waals surface area contributed by atoms with Crippen molar-refractivity contribution in [3.8, 4) is 0 Å². The highest BCUT2D eigenvalue weighted by molar-refractivity contribution is 6.31. The van der Waals surface area contributed by atoms with Gasteiger partial charge in [0, 0.05) is 5.02 Å². The number of hydrogen-bond donors (Lipinski definition) is 1. The second-order valence-electron chi connectivity index (χ2n) is 3.98. The average molecular weight is 212 g/mol. The molecule has 0 heterocycles. The molecule has 0 radical (unpaired) electrons. The van der Waals surface area contributed by atoms with Gasteiger partial charge in [0.15, 0.2) is 0 Å². The molecule has 1 atom stereocenters. The second kappa shape index (κ2) is 5.38. The van der Waals surface area contributed by atoms with E-state index >= 15 is 0 Å². The molecule has 2 heteroatoms. The van der Waals surface area contributed by atoms with Crippen LogP contribution in [0.25, 0.3) is 0 Å². The SMILES string of the molecule is Cc1ccc(CC(C)CCN)c(Cl)c1. The molecule has 1 aromatic carbocycles. The fraction of sp³-hybridized carbons (Fsp3) is 0.500. The van der Waals surface area contributed by atoms with E-state index in [1.807, 2.05) is 6.07 Å². The monoisotopic (exact) mass is 211 g/mol. The summed E-state index contributed by atoms with van der Waals surface area (Å²) in [5, 5.41) is 0.883. The summed E-state index contributed by atoms with van der Waals surface area (Å²) >= 11 is 6.14. The molecule has 1 nitrogen and oxygen atoms in total. The number of rotatable bonds is 4.